The van der Waals surface area contributed by atoms with Gasteiger partial charge in [-0.2, -0.15) is 12.6 Å². The molecule has 0 bridgehead atoms. The molecule has 3 heteroatoms. The highest BCUT2D eigenvalue weighted by Gasteiger charge is 2.05. The van der Waals surface area contributed by atoms with Crippen LogP contribution in [-0.2, 0) is 0 Å². The summed E-state index contributed by atoms with van der Waals surface area (Å²) in [5, 5.41) is 9.10. The van der Waals surface area contributed by atoms with Gasteiger partial charge in [-0.05, 0) is 19.4 Å². The molecule has 3 N–H and O–H groups in total. The minimum atomic E-state index is -0.307. The summed E-state index contributed by atoms with van der Waals surface area (Å²) in [6.07, 6.45) is 0. The Balaban J connectivity index is 4.02. The van der Waals surface area contributed by atoms with Crippen LogP contribution in [0.1, 0.15) is 13.8 Å². The van der Waals surface area contributed by atoms with Gasteiger partial charge in [0.2, 0.25) is 0 Å². The number of allylic oxidation sites excluding steroid dienone is 1. The van der Waals surface area contributed by atoms with E-state index in [4.69, 9.17) is 10.8 Å². The van der Waals surface area contributed by atoms with Crippen LogP contribution >= 0.6 is 12.6 Å². The van der Waals surface area contributed by atoms with Crippen LogP contribution in [0.5, 0.6) is 0 Å². The zero-order valence-electron chi connectivity index (χ0n) is 5.76. The Morgan fingerprint density at radius 1 is 1.67 bits per heavy atom. The first-order valence-electron chi connectivity index (χ1n) is 2.82. The van der Waals surface area contributed by atoms with E-state index in [2.05, 4.69) is 12.6 Å². The van der Waals surface area contributed by atoms with Crippen LogP contribution < -0.4 is 5.73 Å². The lowest BCUT2D eigenvalue weighted by Crippen LogP contribution is -2.25. The fourth-order valence-electron chi connectivity index (χ4n) is 0.457. The second kappa shape index (κ2) is 3.80. The molecule has 0 heterocycles. The minimum Gasteiger partial charge on any atom is -0.511 e. The Kier molecular flexibility index (Phi) is 3.73. The normalized spacial score (nSPS) is 12.9. The molecule has 0 fully saturated rings. The predicted octanol–water partition coefficient (Wildman–Crippen LogP) is 1.10. The molecule has 2 nitrogen and oxygen atoms in total. The minimum absolute atomic E-state index is 0.255. The standard InChI is InChI=1S/C6H13NOS/c1-4(2)6(8)5(7)3-9/h5,8-9H,3,7H2,1-2H3/t5-/m1/s1. The molecular formula is C6H13NOS. The number of hydrogen-bond donors (Lipinski definition) is 3. The number of aliphatic hydroxyl groups excluding tert-OH is 1. The Morgan fingerprint density at radius 3 is 2.22 bits per heavy atom. The summed E-state index contributed by atoms with van der Waals surface area (Å²) in [4.78, 5) is 0. The maximum Gasteiger partial charge on any atom is 0.108 e. The van der Waals surface area contributed by atoms with Crippen molar-refractivity contribution in [2.24, 2.45) is 5.73 Å². The van der Waals surface area contributed by atoms with E-state index < -0.39 is 0 Å². The quantitative estimate of drug-likeness (QED) is 0.404. The highest BCUT2D eigenvalue weighted by molar-refractivity contribution is 7.80. The van der Waals surface area contributed by atoms with Crippen molar-refractivity contribution in [3.63, 3.8) is 0 Å². The van der Waals surface area contributed by atoms with E-state index in [1.54, 1.807) is 0 Å². The van der Waals surface area contributed by atoms with Gasteiger partial charge in [0, 0.05) is 5.75 Å². The summed E-state index contributed by atoms with van der Waals surface area (Å²) >= 11 is 3.93. The molecule has 0 rings (SSSR count). The second-order valence-corrected chi connectivity index (χ2v) is 2.54. The lowest BCUT2D eigenvalue weighted by molar-refractivity contribution is 0.369. The first-order valence-corrected chi connectivity index (χ1v) is 3.45. The topological polar surface area (TPSA) is 46.2 Å². The fraction of sp³-hybridized carbons (Fsp3) is 0.667. The molecule has 0 aliphatic carbocycles. The molecule has 0 spiro atoms. The van der Waals surface area contributed by atoms with Crippen LogP contribution in [0.15, 0.2) is 11.3 Å². The summed E-state index contributed by atoms with van der Waals surface area (Å²) in [6.45, 7) is 3.64. The molecule has 1 atom stereocenters. The van der Waals surface area contributed by atoms with Gasteiger partial charge < -0.3 is 10.8 Å². The fourth-order valence-corrected chi connectivity index (χ4v) is 0.630. The molecule has 0 unspecified atom stereocenters. The summed E-state index contributed by atoms with van der Waals surface area (Å²) in [5.41, 5.74) is 6.29. The molecule has 0 aliphatic heterocycles. The molecule has 0 aromatic carbocycles. The van der Waals surface area contributed by atoms with Crippen LogP contribution in [0.4, 0.5) is 0 Å². The third kappa shape index (κ3) is 2.77. The third-order valence-corrected chi connectivity index (χ3v) is 1.45. The first kappa shape index (κ1) is 8.85. The molecular weight excluding hydrogens is 134 g/mol. The highest BCUT2D eigenvalue weighted by Crippen LogP contribution is 2.03. The zero-order valence-corrected chi connectivity index (χ0v) is 6.65. The molecule has 0 saturated carbocycles. The van der Waals surface area contributed by atoms with E-state index in [-0.39, 0.29) is 11.8 Å². The van der Waals surface area contributed by atoms with Crippen molar-refractivity contribution in [1.82, 2.24) is 0 Å². The summed E-state index contributed by atoms with van der Waals surface area (Å²) < 4.78 is 0. The smallest absolute Gasteiger partial charge is 0.108 e. The van der Waals surface area contributed by atoms with Crippen LogP contribution in [0.2, 0.25) is 0 Å². The number of thiol groups is 1. The maximum atomic E-state index is 9.10. The lowest BCUT2D eigenvalue weighted by atomic mass is 10.2. The first-order chi connectivity index (χ1) is 4.09. The maximum absolute atomic E-state index is 9.10. The molecule has 0 saturated heterocycles. The van der Waals surface area contributed by atoms with Gasteiger partial charge in [0.1, 0.15) is 5.76 Å². The van der Waals surface area contributed by atoms with E-state index in [9.17, 15) is 0 Å². The van der Waals surface area contributed by atoms with E-state index in [0.717, 1.165) is 5.57 Å². The van der Waals surface area contributed by atoms with Crippen LogP contribution in [0.3, 0.4) is 0 Å². The van der Waals surface area contributed by atoms with Gasteiger partial charge in [-0.25, -0.2) is 0 Å². The SMILES string of the molecule is CC(C)=C(O)[C@H](N)CS. The van der Waals surface area contributed by atoms with Crippen molar-refractivity contribution in [3.8, 4) is 0 Å². The Labute approximate surface area is 61.2 Å². The van der Waals surface area contributed by atoms with Crippen LogP contribution in [0.25, 0.3) is 0 Å². The molecule has 0 radical (unpaired) electrons. The number of aliphatic hydroxyl groups is 1. The molecule has 0 aliphatic rings. The average Bonchev–Trinajstić information content (AvgIpc) is 1.84. The van der Waals surface area contributed by atoms with Crippen molar-refractivity contribution in [1.29, 1.82) is 0 Å². The second-order valence-electron chi connectivity index (χ2n) is 2.17. The molecule has 9 heavy (non-hydrogen) atoms. The monoisotopic (exact) mass is 147 g/mol. The molecule has 0 aromatic rings. The van der Waals surface area contributed by atoms with Crippen molar-refractivity contribution < 1.29 is 5.11 Å². The molecule has 0 amide bonds. The number of hydrogen-bond acceptors (Lipinski definition) is 3. The Bertz CT molecular complexity index is 118. The van der Waals surface area contributed by atoms with Crippen molar-refractivity contribution in [2.75, 3.05) is 5.75 Å². The van der Waals surface area contributed by atoms with Crippen LogP contribution in [-0.4, -0.2) is 16.9 Å². The number of rotatable bonds is 2. The van der Waals surface area contributed by atoms with Crippen molar-refractivity contribution in [2.45, 2.75) is 19.9 Å². The summed E-state index contributed by atoms with van der Waals surface area (Å²) in [5.74, 6) is 0.738. The van der Waals surface area contributed by atoms with E-state index in [1.807, 2.05) is 13.8 Å². The van der Waals surface area contributed by atoms with Gasteiger partial charge in [0.05, 0.1) is 6.04 Å². The van der Waals surface area contributed by atoms with Crippen LogP contribution in [0, 0.1) is 0 Å². The van der Waals surface area contributed by atoms with E-state index >= 15 is 0 Å². The average molecular weight is 147 g/mol. The van der Waals surface area contributed by atoms with Crippen molar-refractivity contribution in [3.05, 3.63) is 11.3 Å². The van der Waals surface area contributed by atoms with Gasteiger partial charge in [0.15, 0.2) is 0 Å². The summed E-state index contributed by atoms with van der Waals surface area (Å²) in [6, 6.07) is -0.307. The van der Waals surface area contributed by atoms with E-state index in [1.165, 1.54) is 0 Å². The Morgan fingerprint density at radius 2 is 2.11 bits per heavy atom. The third-order valence-electron chi connectivity index (χ3n) is 1.06. The van der Waals surface area contributed by atoms with Gasteiger partial charge in [-0.3, -0.25) is 0 Å². The van der Waals surface area contributed by atoms with E-state index in [0.29, 0.717) is 5.75 Å². The lowest BCUT2D eigenvalue weighted by Gasteiger charge is -2.07. The largest absolute Gasteiger partial charge is 0.511 e. The summed E-state index contributed by atoms with van der Waals surface area (Å²) in [7, 11) is 0. The molecule has 0 aromatic heterocycles. The van der Waals surface area contributed by atoms with Crippen molar-refractivity contribution >= 4 is 12.6 Å². The predicted molar refractivity (Wildman–Crippen MR) is 42.8 cm³/mol. The van der Waals surface area contributed by atoms with Gasteiger partial charge in [0.25, 0.3) is 0 Å². The molecule has 54 valence electrons. The van der Waals surface area contributed by atoms with Gasteiger partial charge in [-0.1, -0.05) is 0 Å². The zero-order chi connectivity index (χ0) is 7.44. The van der Waals surface area contributed by atoms with Gasteiger partial charge >= 0.3 is 0 Å². The van der Waals surface area contributed by atoms with Gasteiger partial charge in [-0.15, -0.1) is 0 Å². The Hall–Kier alpha value is -0.150. The highest BCUT2D eigenvalue weighted by atomic mass is 32.1. The number of nitrogens with two attached hydrogens (primary N) is 1.